The molecule has 31 heavy (non-hydrogen) atoms. The van der Waals surface area contributed by atoms with E-state index in [0.717, 1.165) is 5.69 Å². The molecule has 2 N–H and O–H groups in total. The number of nitrogens with zero attached hydrogens (tertiary/aromatic N) is 4. The Balaban J connectivity index is 1.46. The maximum Gasteiger partial charge on any atom is 0.275 e. The molecule has 158 valence electrons. The quantitative estimate of drug-likeness (QED) is 0.623. The predicted molar refractivity (Wildman–Crippen MR) is 111 cm³/mol. The lowest BCUT2D eigenvalue weighted by atomic mass is 9.99. The van der Waals surface area contributed by atoms with Gasteiger partial charge in [0.2, 0.25) is 5.91 Å². The van der Waals surface area contributed by atoms with Crippen LogP contribution in [0, 0.1) is 0 Å². The first-order valence-corrected chi connectivity index (χ1v) is 9.74. The second-order valence-electron chi connectivity index (χ2n) is 7.04. The number of pyridine rings is 1. The third kappa shape index (κ3) is 4.90. The zero-order valence-electron chi connectivity index (χ0n) is 16.6. The van der Waals surface area contributed by atoms with Gasteiger partial charge in [0.15, 0.2) is 0 Å². The number of ether oxygens (including phenoxy) is 1. The van der Waals surface area contributed by atoms with Crippen LogP contribution in [0.25, 0.3) is 0 Å². The predicted octanol–water partition coefficient (Wildman–Crippen LogP) is 1.58. The number of amides is 2. The molecule has 1 saturated heterocycles. The van der Waals surface area contributed by atoms with Gasteiger partial charge in [-0.1, -0.05) is 18.2 Å². The number of rotatable bonds is 6. The van der Waals surface area contributed by atoms with Gasteiger partial charge in [0, 0.05) is 24.3 Å². The fraction of sp³-hybridized carbons (Fsp3) is 0.227. The van der Waals surface area contributed by atoms with Crippen molar-refractivity contribution in [3.8, 4) is 0 Å². The molecule has 0 spiro atoms. The summed E-state index contributed by atoms with van der Waals surface area (Å²) in [6.07, 6.45) is 5.02. The van der Waals surface area contributed by atoms with Crippen molar-refractivity contribution in [3.05, 3.63) is 84.2 Å². The molecular weight excluding hydrogens is 398 g/mol. The topological polar surface area (TPSA) is 118 Å². The minimum absolute atomic E-state index is 0.0244. The molecule has 0 bridgehead atoms. The lowest BCUT2D eigenvalue weighted by Gasteiger charge is -2.38. The van der Waals surface area contributed by atoms with Gasteiger partial charge in [-0.2, -0.15) is 0 Å². The Morgan fingerprint density at radius 1 is 1.16 bits per heavy atom. The molecule has 1 aliphatic rings. The molecule has 3 aromatic rings. The van der Waals surface area contributed by atoms with Gasteiger partial charge in [-0.15, -0.1) is 0 Å². The average Bonchev–Trinajstić information content (AvgIpc) is 2.82. The number of nitrogens with one attached hydrogen (secondary N) is 1. The van der Waals surface area contributed by atoms with E-state index < -0.39 is 12.1 Å². The largest absolute Gasteiger partial charge is 0.386 e. The van der Waals surface area contributed by atoms with E-state index in [9.17, 15) is 14.7 Å². The summed E-state index contributed by atoms with van der Waals surface area (Å²) in [4.78, 5) is 38.4. The van der Waals surface area contributed by atoms with Crippen LogP contribution in [0.3, 0.4) is 0 Å². The van der Waals surface area contributed by atoms with Gasteiger partial charge >= 0.3 is 0 Å². The summed E-state index contributed by atoms with van der Waals surface area (Å²) in [6.45, 7) is 0.477. The van der Waals surface area contributed by atoms with Crippen molar-refractivity contribution < 1.29 is 19.4 Å². The highest BCUT2D eigenvalue weighted by Crippen LogP contribution is 2.26. The van der Waals surface area contributed by atoms with Crippen LogP contribution in [-0.2, 0) is 16.1 Å². The number of morpholine rings is 1. The molecule has 9 nitrogen and oxygen atoms in total. The van der Waals surface area contributed by atoms with Crippen molar-refractivity contribution in [2.45, 2.75) is 18.7 Å². The summed E-state index contributed by atoms with van der Waals surface area (Å²) in [6, 6.07) is 11.7. The summed E-state index contributed by atoms with van der Waals surface area (Å²) in [5, 5.41) is 13.7. The monoisotopic (exact) mass is 419 g/mol. The highest BCUT2D eigenvalue weighted by atomic mass is 16.5. The Morgan fingerprint density at radius 2 is 2.00 bits per heavy atom. The summed E-state index contributed by atoms with van der Waals surface area (Å²) in [5.74, 6) is -0.581. The number of carbonyl (C=O) groups is 2. The van der Waals surface area contributed by atoms with E-state index >= 15 is 0 Å². The number of aromatic nitrogens is 3. The Kier molecular flexibility index (Phi) is 6.25. The SMILES string of the molecule is O=C(Nc1ccc(C(O)C2COCC(=O)N2Cc2ccccn2)cc1)c1cnccn1. The van der Waals surface area contributed by atoms with Crippen LogP contribution in [0.1, 0.15) is 27.8 Å². The van der Waals surface area contributed by atoms with Crippen molar-refractivity contribution in [2.24, 2.45) is 0 Å². The fourth-order valence-corrected chi connectivity index (χ4v) is 3.36. The second-order valence-corrected chi connectivity index (χ2v) is 7.04. The molecule has 2 amide bonds. The van der Waals surface area contributed by atoms with Crippen LogP contribution in [-0.4, -0.2) is 56.0 Å². The number of aliphatic hydroxyl groups is 1. The second kappa shape index (κ2) is 9.41. The molecule has 9 heteroatoms. The van der Waals surface area contributed by atoms with E-state index in [0.29, 0.717) is 11.3 Å². The average molecular weight is 419 g/mol. The maximum absolute atomic E-state index is 12.5. The minimum Gasteiger partial charge on any atom is -0.386 e. The number of anilines is 1. The summed E-state index contributed by atoms with van der Waals surface area (Å²) in [7, 11) is 0. The van der Waals surface area contributed by atoms with Crippen LogP contribution in [0.15, 0.2) is 67.3 Å². The smallest absolute Gasteiger partial charge is 0.275 e. The molecule has 1 aliphatic heterocycles. The van der Waals surface area contributed by atoms with E-state index in [1.165, 1.54) is 18.6 Å². The standard InChI is InChI=1S/C22H21N5O4/c28-20-14-31-13-19(27(20)12-17-3-1-2-8-24-17)21(29)15-4-6-16(7-5-15)26-22(30)18-11-23-9-10-25-18/h1-11,19,21,29H,12-14H2,(H,26,30). The highest BCUT2D eigenvalue weighted by molar-refractivity contribution is 6.02. The Bertz CT molecular complexity index is 1030. The third-order valence-corrected chi connectivity index (χ3v) is 4.96. The minimum atomic E-state index is -0.960. The van der Waals surface area contributed by atoms with Gasteiger partial charge < -0.3 is 20.1 Å². The van der Waals surface area contributed by atoms with Crippen molar-refractivity contribution in [2.75, 3.05) is 18.5 Å². The highest BCUT2D eigenvalue weighted by Gasteiger charge is 2.34. The molecule has 1 fully saturated rings. The van der Waals surface area contributed by atoms with Gasteiger partial charge in [0.25, 0.3) is 5.91 Å². The van der Waals surface area contributed by atoms with Crippen molar-refractivity contribution in [3.63, 3.8) is 0 Å². The summed E-state index contributed by atoms with van der Waals surface area (Å²) < 4.78 is 5.39. The molecule has 2 unspecified atom stereocenters. The van der Waals surface area contributed by atoms with Gasteiger partial charge in [0.05, 0.1) is 31.1 Å². The van der Waals surface area contributed by atoms with E-state index in [4.69, 9.17) is 4.74 Å². The van der Waals surface area contributed by atoms with E-state index in [1.54, 1.807) is 35.4 Å². The number of hydrogen-bond donors (Lipinski definition) is 2. The van der Waals surface area contributed by atoms with Crippen LogP contribution in [0.2, 0.25) is 0 Å². The lowest BCUT2D eigenvalue weighted by Crippen LogP contribution is -2.51. The zero-order chi connectivity index (χ0) is 21.6. The van der Waals surface area contributed by atoms with Crippen LogP contribution >= 0.6 is 0 Å². The van der Waals surface area contributed by atoms with E-state index in [1.807, 2.05) is 18.2 Å². The number of hydrogen-bond acceptors (Lipinski definition) is 7. The zero-order valence-corrected chi connectivity index (χ0v) is 16.6. The van der Waals surface area contributed by atoms with Gasteiger partial charge in [-0.25, -0.2) is 4.98 Å². The molecule has 2 aromatic heterocycles. The maximum atomic E-state index is 12.5. The van der Waals surface area contributed by atoms with Crippen molar-refractivity contribution in [1.29, 1.82) is 0 Å². The lowest BCUT2D eigenvalue weighted by molar-refractivity contribution is -0.155. The molecule has 0 radical (unpaired) electrons. The van der Waals surface area contributed by atoms with E-state index in [-0.39, 0.29) is 37.3 Å². The Labute approximate surface area is 178 Å². The summed E-state index contributed by atoms with van der Waals surface area (Å²) >= 11 is 0. The molecule has 4 rings (SSSR count). The Hall–Kier alpha value is -3.69. The van der Waals surface area contributed by atoms with Gasteiger partial charge in [0.1, 0.15) is 18.4 Å². The van der Waals surface area contributed by atoms with E-state index in [2.05, 4.69) is 20.3 Å². The fourth-order valence-electron chi connectivity index (χ4n) is 3.36. The number of aliphatic hydroxyl groups excluding tert-OH is 1. The van der Waals surface area contributed by atoms with Crippen molar-refractivity contribution >= 4 is 17.5 Å². The first-order chi connectivity index (χ1) is 15.1. The third-order valence-electron chi connectivity index (χ3n) is 4.96. The first-order valence-electron chi connectivity index (χ1n) is 9.74. The summed E-state index contributed by atoms with van der Waals surface area (Å²) in [5.41, 5.74) is 2.09. The normalized spacial score (nSPS) is 17.3. The molecule has 0 saturated carbocycles. The first kappa shape index (κ1) is 20.6. The van der Waals surface area contributed by atoms with Gasteiger partial charge in [-0.05, 0) is 29.8 Å². The van der Waals surface area contributed by atoms with Crippen LogP contribution < -0.4 is 5.32 Å². The van der Waals surface area contributed by atoms with Crippen molar-refractivity contribution in [1.82, 2.24) is 19.9 Å². The molecule has 1 aromatic carbocycles. The van der Waals surface area contributed by atoms with Crippen LogP contribution in [0.4, 0.5) is 5.69 Å². The van der Waals surface area contributed by atoms with Crippen LogP contribution in [0.5, 0.6) is 0 Å². The number of carbonyl (C=O) groups excluding carboxylic acids is 2. The molecule has 3 heterocycles. The number of benzene rings is 1. The molecule has 0 aliphatic carbocycles. The van der Waals surface area contributed by atoms with Gasteiger partial charge in [-0.3, -0.25) is 19.6 Å². The molecular formula is C22H21N5O4. The Morgan fingerprint density at radius 3 is 2.71 bits per heavy atom. The molecule has 2 atom stereocenters.